The van der Waals surface area contributed by atoms with Gasteiger partial charge in [-0.25, -0.2) is 9.97 Å². The predicted molar refractivity (Wildman–Crippen MR) is 106 cm³/mol. The molecule has 0 atom stereocenters. The fraction of sp³-hybridized carbons (Fsp3) is 0.250. The summed E-state index contributed by atoms with van der Waals surface area (Å²) in [4.78, 5) is 25.2. The number of aromatic amines is 1. The lowest BCUT2D eigenvalue weighted by molar-refractivity contribution is 0.0947. The Morgan fingerprint density at radius 3 is 2.85 bits per heavy atom. The molecule has 6 nitrogen and oxygen atoms in total. The molecule has 138 valence electrons. The summed E-state index contributed by atoms with van der Waals surface area (Å²) in [7, 11) is 0. The number of carbonyl (C=O) groups excluding carboxylic acids is 1. The Morgan fingerprint density at radius 1 is 1.19 bits per heavy atom. The van der Waals surface area contributed by atoms with E-state index in [2.05, 4.69) is 27.2 Å². The number of carbonyl (C=O) groups is 1. The fourth-order valence-electron chi connectivity index (χ4n) is 3.22. The van der Waals surface area contributed by atoms with Crippen LogP contribution in [0.4, 0.5) is 0 Å². The minimum atomic E-state index is -0.149. The van der Waals surface area contributed by atoms with Gasteiger partial charge in [0.2, 0.25) is 0 Å². The Bertz CT molecular complexity index is 1080. The lowest BCUT2D eigenvalue weighted by Crippen LogP contribution is -2.28. The molecule has 3 aromatic heterocycles. The van der Waals surface area contributed by atoms with Gasteiger partial charge in [0.25, 0.3) is 5.91 Å². The van der Waals surface area contributed by atoms with Crippen molar-refractivity contribution in [3.63, 3.8) is 0 Å². The molecule has 0 aliphatic rings. The molecule has 0 aliphatic carbocycles. The minimum absolute atomic E-state index is 0.149. The number of nitrogens with one attached hydrogen (secondary N) is 2. The highest BCUT2D eigenvalue weighted by atomic mass is 35.5. The zero-order valence-electron chi connectivity index (χ0n) is 15.0. The van der Waals surface area contributed by atoms with Crippen molar-refractivity contribution in [2.24, 2.45) is 0 Å². The number of amides is 1. The molecule has 1 amide bonds. The molecule has 0 radical (unpaired) electrons. The van der Waals surface area contributed by atoms with Crippen LogP contribution < -0.4 is 5.32 Å². The first-order valence-corrected chi connectivity index (χ1v) is 9.42. The van der Waals surface area contributed by atoms with Gasteiger partial charge in [-0.2, -0.15) is 0 Å². The van der Waals surface area contributed by atoms with Gasteiger partial charge in [0.05, 0.1) is 21.7 Å². The number of imidazole rings is 2. The van der Waals surface area contributed by atoms with E-state index >= 15 is 0 Å². The van der Waals surface area contributed by atoms with Crippen molar-refractivity contribution >= 4 is 34.2 Å². The number of benzene rings is 1. The lowest BCUT2D eigenvalue weighted by atomic mass is 10.2. The van der Waals surface area contributed by atoms with Crippen LogP contribution in [0.5, 0.6) is 0 Å². The molecule has 7 heteroatoms. The number of rotatable bonds is 6. The molecule has 0 aliphatic heterocycles. The second kappa shape index (κ2) is 7.40. The van der Waals surface area contributed by atoms with Crippen molar-refractivity contribution in [2.75, 3.05) is 6.54 Å². The van der Waals surface area contributed by atoms with Crippen molar-refractivity contribution in [2.45, 2.75) is 26.2 Å². The standard InChI is InChI=1S/C20H20ClN5O/c1-2-5-16-19(26-12-13(21)8-9-18(26)25-16)20(27)22-11-10-17-23-14-6-3-4-7-15(14)24-17/h3-4,6-9,12H,2,5,10-11H2,1H3,(H,22,27)(H,23,24). The van der Waals surface area contributed by atoms with Crippen LogP contribution in [0.2, 0.25) is 5.02 Å². The van der Waals surface area contributed by atoms with E-state index in [1.54, 1.807) is 16.7 Å². The fourth-order valence-corrected chi connectivity index (χ4v) is 3.38. The number of pyridine rings is 1. The summed E-state index contributed by atoms with van der Waals surface area (Å²) in [6.45, 7) is 2.55. The van der Waals surface area contributed by atoms with E-state index in [9.17, 15) is 4.79 Å². The van der Waals surface area contributed by atoms with Crippen LogP contribution in [-0.2, 0) is 12.8 Å². The van der Waals surface area contributed by atoms with Crippen molar-refractivity contribution in [1.29, 1.82) is 0 Å². The monoisotopic (exact) mass is 381 g/mol. The molecule has 0 saturated heterocycles. The maximum atomic E-state index is 12.8. The molecule has 0 bridgehead atoms. The minimum Gasteiger partial charge on any atom is -0.350 e. The molecule has 2 N–H and O–H groups in total. The molecule has 4 rings (SSSR count). The summed E-state index contributed by atoms with van der Waals surface area (Å²) in [6, 6.07) is 11.5. The maximum Gasteiger partial charge on any atom is 0.270 e. The number of hydrogen-bond acceptors (Lipinski definition) is 3. The van der Waals surface area contributed by atoms with E-state index in [4.69, 9.17) is 11.6 Å². The van der Waals surface area contributed by atoms with Crippen LogP contribution >= 0.6 is 11.6 Å². The number of H-pyrrole nitrogens is 1. The van der Waals surface area contributed by atoms with Gasteiger partial charge in [0.1, 0.15) is 17.2 Å². The molecule has 4 aromatic rings. The average Bonchev–Trinajstić information content (AvgIpc) is 3.22. The van der Waals surface area contributed by atoms with Gasteiger partial charge in [-0.15, -0.1) is 0 Å². The van der Waals surface area contributed by atoms with Crippen molar-refractivity contribution in [3.05, 3.63) is 64.8 Å². The Balaban J connectivity index is 1.52. The molecule has 0 fully saturated rings. The number of nitrogens with zero attached hydrogens (tertiary/aromatic N) is 3. The van der Waals surface area contributed by atoms with Crippen molar-refractivity contribution in [1.82, 2.24) is 24.7 Å². The van der Waals surface area contributed by atoms with Gasteiger partial charge in [0.15, 0.2) is 0 Å². The highest BCUT2D eigenvalue weighted by molar-refractivity contribution is 6.30. The third-order valence-electron chi connectivity index (χ3n) is 4.44. The Kier molecular flexibility index (Phi) is 4.81. The largest absolute Gasteiger partial charge is 0.350 e. The number of fused-ring (bicyclic) bond motifs is 2. The first-order chi connectivity index (χ1) is 13.2. The zero-order valence-corrected chi connectivity index (χ0v) is 15.8. The Labute approximate surface area is 161 Å². The highest BCUT2D eigenvalue weighted by Crippen LogP contribution is 2.18. The van der Waals surface area contributed by atoms with E-state index in [1.165, 1.54) is 0 Å². The first-order valence-electron chi connectivity index (χ1n) is 9.04. The van der Waals surface area contributed by atoms with Crippen molar-refractivity contribution < 1.29 is 4.79 Å². The summed E-state index contributed by atoms with van der Waals surface area (Å²) in [5.41, 5.74) is 4.01. The molecule has 1 aromatic carbocycles. The summed E-state index contributed by atoms with van der Waals surface area (Å²) < 4.78 is 1.77. The van der Waals surface area contributed by atoms with Crippen LogP contribution in [-0.4, -0.2) is 31.8 Å². The number of para-hydroxylation sites is 2. The molecular formula is C20H20ClN5O. The van der Waals surface area contributed by atoms with E-state index in [0.29, 0.717) is 23.7 Å². The Hall–Kier alpha value is -2.86. The van der Waals surface area contributed by atoms with Crippen LogP contribution in [0, 0.1) is 0 Å². The second-order valence-corrected chi connectivity index (χ2v) is 6.88. The number of aryl methyl sites for hydroxylation is 1. The van der Waals surface area contributed by atoms with Gasteiger partial charge >= 0.3 is 0 Å². The molecule has 3 heterocycles. The summed E-state index contributed by atoms with van der Waals surface area (Å²) in [5, 5.41) is 3.55. The second-order valence-electron chi connectivity index (χ2n) is 6.44. The van der Waals surface area contributed by atoms with E-state index < -0.39 is 0 Å². The predicted octanol–water partition coefficient (Wildman–Crippen LogP) is 3.79. The molecule has 0 spiro atoms. The normalized spacial score (nSPS) is 11.3. The third kappa shape index (κ3) is 3.53. The highest BCUT2D eigenvalue weighted by Gasteiger charge is 2.18. The zero-order chi connectivity index (χ0) is 18.8. The van der Waals surface area contributed by atoms with E-state index in [-0.39, 0.29) is 5.91 Å². The quantitative estimate of drug-likeness (QED) is 0.533. The van der Waals surface area contributed by atoms with Crippen LogP contribution in [0.1, 0.15) is 35.4 Å². The molecule has 27 heavy (non-hydrogen) atoms. The van der Waals surface area contributed by atoms with Gasteiger partial charge < -0.3 is 10.3 Å². The van der Waals surface area contributed by atoms with Crippen LogP contribution in [0.3, 0.4) is 0 Å². The van der Waals surface area contributed by atoms with Gasteiger partial charge in [-0.1, -0.05) is 37.1 Å². The Morgan fingerprint density at radius 2 is 2.04 bits per heavy atom. The first kappa shape index (κ1) is 17.5. The number of hydrogen-bond donors (Lipinski definition) is 2. The third-order valence-corrected chi connectivity index (χ3v) is 4.67. The van der Waals surface area contributed by atoms with Crippen LogP contribution in [0.25, 0.3) is 16.7 Å². The molecule has 0 unspecified atom stereocenters. The summed E-state index contributed by atoms with van der Waals surface area (Å²) in [5.74, 6) is 0.704. The SMILES string of the molecule is CCCc1nc2ccc(Cl)cn2c1C(=O)NCCc1nc2ccccc2[nH]1. The van der Waals surface area contributed by atoms with Gasteiger partial charge in [-0.3, -0.25) is 9.20 Å². The van der Waals surface area contributed by atoms with Crippen LogP contribution in [0.15, 0.2) is 42.6 Å². The van der Waals surface area contributed by atoms with Crippen molar-refractivity contribution in [3.8, 4) is 0 Å². The number of aromatic nitrogens is 4. The molecule has 0 saturated carbocycles. The van der Waals surface area contributed by atoms with E-state index in [1.807, 2.05) is 30.3 Å². The average molecular weight is 382 g/mol. The lowest BCUT2D eigenvalue weighted by Gasteiger charge is -2.06. The number of halogens is 1. The van der Waals surface area contributed by atoms with Gasteiger partial charge in [-0.05, 0) is 30.7 Å². The molecular weight excluding hydrogens is 362 g/mol. The maximum absolute atomic E-state index is 12.8. The topological polar surface area (TPSA) is 75.1 Å². The summed E-state index contributed by atoms with van der Waals surface area (Å²) in [6.07, 6.45) is 4.01. The summed E-state index contributed by atoms with van der Waals surface area (Å²) >= 11 is 6.11. The van der Waals surface area contributed by atoms with Gasteiger partial charge in [0, 0.05) is 19.2 Å². The van der Waals surface area contributed by atoms with E-state index in [0.717, 1.165) is 41.0 Å². The smallest absolute Gasteiger partial charge is 0.270 e.